The van der Waals surface area contributed by atoms with Crippen LogP contribution < -0.4 is 10.1 Å². The van der Waals surface area contributed by atoms with E-state index in [4.69, 9.17) is 4.74 Å². The van der Waals surface area contributed by atoms with Crippen LogP contribution in [-0.2, 0) is 14.6 Å². The highest BCUT2D eigenvalue weighted by Crippen LogP contribution is 2.22. The van der Waals surface area contributed by atoms with Gasteiger partial charge in [0.05, 0.1) is 17.5 Å². The molecule has 2 atom stereocenters. The fourth-order valence-corrected chi connectivity index (χ4v) is 5.55. The van der Waals surface area contributed by atoms with Crippen LogP contribution in [0.25, 0.3) is 0 Å². The zero-order valence-electron chi connectivity index (χ0n) is 14.8. The van der Waals surface area contributed by atoms with Gasteiger partial charge in [0, 0.05) is 6.04 Å². The molecule has 2 aliphatic rings. The normalized spacial score (nSPS) is 25.8. The molecule has 0 bridgehead atoms. The minimum absolute atomic E-state index is 0.0174. The first-order valence-corrected chi connectivity index (χ1v) is 10.6. The van der Waals surface area contributed by atoms with Crippen molar-refractivity contribution in [2.75, 3.05) is 31.2 Å². The highest BCUT2D eigenvalue weighted by atomic mass is 32.2. The van der Waals surface area contributed by atoms with E-state index in [2.05, 4.69) is 10.2 Å². The van der Waals surface area contributed by atoms with Gasteiger partial charge < -0.3 is 10.1 Å². The summed E-state index contributed by atoms with van der Waals surface area (Å²) in [6, 6.07) is 5.23. The molecule has 25 heavy (non-hydrogen) atoms. The zero-order valence-corrected chi connectivity index (χ0v) is 15.6. The number of nitrogens with zero attached hydrogens (tertiary/aromatic N) is 1. The van der Waals surface area contributed by atoms with E-state index in [1.807, 2.05) is 32.0 Å². The molecule has 1 amide bonds. The number of nitrogens with one attached hydrogen (secondary N) is 1. The van der Waals surface area contributed by atoms with Crippen molar-refractivity contribution in [1.82, 2.24) is 10.2 Å². The number of benzene rings is 1. The molecule has 7 heteroatoms. The van der Waals surface area contributed by atoms with E-state index in [0.29, 0.717) is 5.75 Å². The summed E-state index contributed by atoms with van der Waals surface area (Å²) in [5, 5.41) is 2.87. The van der Waals surface area contributed by atoms with Crippen LogP contribution in [0.3, 0.4) is 0 Å². The number of sulfone groups is 1. The van der Waals surface area contributed by atoms with Crippen molar-refractivity contribution in [3.8, 4) is 5.75 Å². The summed E-state index contributed by atoms with van der Waals surface area (Å²) in [4.78, 5) is 14.4. The number of carbonyl (C=O) groups is 1. The fourth-order valence-electron chi connectivity index (χ4n) is 3.60. The Kier molecular flexibility index (Phi) is 5.34. The van der Waals surface area contributed by atoms with Crippen LogP contribution in [-0.4, -0.2) is 62.5 Å². The third-order valence-electron chi connectivity index (χ3n) is 5.13. The summed E-state index contributed by atoms with van der Waals surface area (Å²) in [6.45, 7) is 5.72. The topological polar surface area (TPSA) is 75.7 Å². The standard InChI is InChI=1S/C18H26N2O4S/c1-13-5-6-15(9-14(13)2)24-10-18(21)19-16-11-25(22,23)12-17(16)20-7-3-4-8-20/h5-6,9,16-17H,3-4,7-8,10-12H2,1-2H3,(H,19,21). The number of rotatable bonds is 5. The Morgan fingerprint density at radius 3 is 2.60 bits per heavy atom. The van der Waals surface area contributed by atoms with E-state index in [1.54, 1.807) is 0 Å². The molecule has 1 N–H and O–H groups in total. The molecule has 2 saturated heterocycles. The average Bonchev–Trinajstić information content (AvgIpc) is 3.16. The van der Waals surface area contributed by atoms with E-state index in [9.17, 15) is 13.2 Å². The van der Waals surface area contributed by atoms with Crippen molar-refractivity contribution in [3.63, 3.8) is 0 Å². The second-order valence-electron chi connectivity index (χ2n) is 7.10. The molecule has 0 aliphatic carbocycles. The molecule has 0 radical (unpaired) electrons. The molecule has 0 aromatic heterocycles. The minimum Gasteiger partial charge on any atom is -0.484 e. The van der Waals surface area contributed by atoms with Crippen molar-refractivity contribution in [1.29, 1.82) is 0 Å². The van der Waals surface area contributed by atoms with Gasteiger partial charge in [0.25, 0.3) is 5.91 Å². The molecule has 2 aliphatic heterocycles. The monoisotopic (exact) mass is 366 g/mol. The Hall–Kier alpha value is -1.60. The van der Waals surface area contributed by atoms with Crippen molar-refractivity contribution in [3.05, 3.63) is 29.3 Å². The maximum absolute atomic E-state index is 12.2. The predicted molar refractivity (Wildman–Crippen MR) is 96.6 cm³/mol. The molecule has 1 aromatic carbocycles. The molecule has 6 nitrogen and oxygen atoms in total. The molecule has 2 fully saturated rings. The second kappa shape index (κ2) is 7.33. The Labute approximate surface area is 149 Å². The number of amides is 1. The van der Waals surface area contributed by atoms with Gasteiger partial charge in [-0.2, -0.15) is 0 Å². The lowest BCUT2D eigenvalue weighted by atomic mass is 10.1. The molecular weight excluding hydrogens is 340 g/mol. The van der Waals surface area contributed by atoms with Crippen molar-refractivity contribution < 1.29 is 17.9 Å². The molecule has 3 rings (SSSR count). The molecule has 0 spiro atoms. The highest BCUT2D eigenvalue weighted by molar-refractivity contribution is 7.91. The van der Waals surface area contributed by atoms with Crippen LogP contribution in [0.2, 0.25) is 0 Å². The summed E-state index contributed by atoms with van der Waals surface area (Å²) in [5.74, 6) is 0.525. The number of aryl methyl sites for hydroxylation is 2. The Bertz CT molecular complexity index is 741. The fraction of sp³-hybridized carbons (Fsp3) is 0.611. The van der Waals surface area contributed by atoms with E-state index in [0.717, 1.165) is 31.5 Å². The lowest BCUT2D eigenvalue weighted by molar-refractivity contribution is -0.124. The van der Waals surface area contributed by atoms with E-state index in [1.165, 1.54) is 5.56 Å². The van der Waals surface area contributed by atoms with Gasteiger partial charge in [-0.3, -0.25) is 9.69 Å². The van der Waals surface area contributed by atoms with Crippen LogP contribution >= 0.6 is 0 Å². The maximum atomic E-state index is 12.2. The molecule has 2 unspecified atom stereocenters. The van der Waals surface area contributed by atoms with Gasteiger partial charge in [0.15, 0.2) is 16.4 Å². The molecule has 1 aromatic rings. The van der Waals surface area contributed by atoms with Crippen LogP contribution in [0, 0.1) is 13.8 Å². The largest absolute Gasteiger partial charge is 0.484 e. The zero-order chi connectivity index (χ0) is 18.0. The van der Waals surface area contributed by atoms with Crippen LogP contribution in [0.15, 0.2) is 18.2 Å². The molecule has 0 saturated carbocycles. The van der Waals surface area contributed by atoms with Crippen LogP contribution in [0.4, 0.5) is 0 Å². The van der Waals surface area contributed by atoms with E-state index >= 15 is 0 Å². The summed E-state index contributed by atoms with van der Waals surface area (Å²) in [5.41, 5.74) is 2.27. The average molecular weight is 366 g/mol. The quantitative estimate of drug-likeness (QED) is 0.843. The summed E-state index contributed by atoms with van der Waals surface area (Å²) in [6.07, 6.45) is 2.18. The molecule has 2 heterocycles. The first-order chi connectivity index (χ1) is 11.8. The number of hydrogen-bond donors (Lipinski definition) is 1. The summed E-state index contributed by atoms with van der Waals surface area (Å²) in [7, 11) is -3.10. The summed E-state index contributed by atoms with van der Waals surface area (Å²) >= 11 is 0. The summed E-state index contributed by atoms with van der Waals surface area (Å²) < 4.78 is 29.6. The molecular formula is C18H26N2O4S. The SMILES string of the molecule is Cc1ccc(OCC(=O)NC2CS(=O)(=O)CC2N2CCCC2)cc1C. The van der Waals surface area contributed by atoms with Crippen LogP contribution in [0.5, 0.6) is 5.75 Å². The Morgan fingerprint density at radius 2 is 1.92 bits per heavy atom. The van der Waals surface area contributed by atoms with Gasteiger partial charge in [0.1, 0.15) is 5.75 Å². The smallest absolute Gasteiger partial charge is 0.258 e. The number of likely N-dealkylation sites (tertiary alicyclic amines) is 1. The van der Waals surface area contributed by atoms with Gasteiger partial charge >= 0.3 is 0 Å². The molecule has 138 valence electrons. The van der Waals surface area contributed by atoms with Crippen LogP contribution in [0.1, 0.15) is 24.0 Å². The van der Waals surface area contributed by atoms with Crippen molar-refractivity contribution in [2.24, 2.45) is 0 Å². The minimum atomic E-state index is -3.10. The third kappa shape index (κ3) is 4.52. The highest BCUT2D eigenvalue weighted by Gasteiger charge is 2.42. The first-order valence-electron chi connectivity index (χ1n) is 8.78. The van der Waals surface area contributed by atoms with Gasteiger partial charge in [-0.25, -0.2) is 8.42 Å². The van der Waals surface area contributed by atoms with Gasteiger partial charge in [-0.15, -0.1) is 0 Å². The number of hydrogen-bond acceptors (Lipinski definition) is 5. The Morgan fingerprint density at radius 1 is 1.20 bits per heavy atom. The first kappa shape index (κ1) is 18.2. The lowest BCUT2D eigenvalue weighted by Gasteiger charge is -2.28. The van der Waals surface area contributed by atoms with Gasteiger partial charge in [-0.05, 0) is 63.0 Å². The van der Waals surface area contributed by atoms with Gasteiger partial charge in [-0.1, -0.05) is 6.07 Å². The van der Waals surface area contributed by atoms with Crippen molar-refractivity contribution in [2.45, 2.75) is 38.8 Å². The van der Waals surface area contributed by atoms with E-state index < -0.39 is 9.84 Å². The van der Waals surface area contributed by atoms with Crippen molar-refractivity contribution >= 4 is 15.7 Å². The number of ether oxygens (including phenoxy) is 1. The predicted octanol–water partition coefficient (Wildman–Crippen LogP) is 1.06. The maximum Gasteiger partial charge on any atom is 0.258 e. The number of carbonyl (C=O) groups excluding carboxylic acids is 1. The van der Waals surface area contributed by atoms with Gasteiger partial charge in [0.2, 0.25) is 0 Å². The third-order valence-corrected chi connectivity index (χ3v) is 6.84. The Balaban J connectivity index is 1.57. The second-order valence-corrected chi connectivity index (χ2v) is 9.25. The van der Waals surface area contributed by atoms with E-state index in [-0.39, 0.29) is 36.1 Å². The lowest BCUT2D eigenvalue weighted by Crippen LogP contribution is -2.51.